The molecule has 1 aromatic carbocycles. The molecule has 0 spiro atoms. The number of nitrogens with zero attached hydrogens (tertiary/aromatic N) is 1. The van der Waals surface area contributed by atoms with E-state index in [4.69, 9.17) is 5.11 Å². The summed E-state index contributed by atoms with van der Waals surface area (Å²) in [6.45, 7) is 0. The van der Waals surface area contributed by atoms with Gasteiger partial charge in [-0.05, 0) is 33.6 Å². The maximum atomic E-state index is 11.7. The minimum absolute atomic E-state index is 0.0867. The van der Waals surface area contributed by atoms with E-state index >= 15 is 0 Å². The van der Waals surface area contributed by atoms with Crippen LogP contribution in [0.1, 0.15) is 5.56 Å². The molecule has 1 aromatic heterocycles. The highest BCUT2D eigenvalue weighted by molar-refractivity contribution is 9.11. The third-order valence-corrected chi connectivity index (χ3v) is 3.63. The van der Waals surface area contributed by atoms with Gasteiger partial charge in [0.25, 0.3) is 0 Å². The average molecular weight is 356 g/mol. The summed E-state index contributed by atoms with van der Waals surface area (Å²) in [7, 11) is 0. The Labute approximate surface area is 127 Å². The zero-order valence-electron chi connectivity index (χ0n) is 10.1. The maximum Gasteiger partial charge on any atom is 0.325 e. The van der Waals surface area contributed by atoms with Gasteiger partial charge < -0.3 is 10.4 Å². The molecule has 2 rings (SSSR count). The Morgan fingerprint density at radius 2 is 2.15 bits per heavy atom. The Morgan fingerprint density at radius 1 is 1.35 bits per heavy atom. The van der Waals surface area contributed by atoms with Crippen molar-refractivity contribution in [1.29, 1.82) is 0 Å². The van der Waals surface area contributed by atoms with Crippen molar-refractivity contribution >= 4 is 50.1 Å². The number of carbonyl (C=O) groups is 2. The van der Waals surface area contributed by atoms with Gasteiger partial charge >= 0.3 is 12.0 Å². The zero-order chi connectivity index (χ0) is 14.5. The number of aromatic nitrogens is 1. The average Bonchev–Trinajstić information content (AvgIpc) is 2.74. The first-order valence-corrected chi connectivity index (χ1v) is 7.14. The first-order valence-electron chi connectivity index (χ1n) is 5.53. The Bertz CT molecular complexity index is 644. The van der Waals surface area contributed by atoms with Crippen LogP contribution in [0.25, 0.3) is 0 Å². The van der Waals surface area contributed by atoms with Crippen molar-refractivity contribution in [3.05, 3.63) is 39.8 Å². The fourth-order valence-corrected chi connectivity index (χ4v) is 2.61. The number of rotatable bonds is 4. The highest BCUT2D eigenvalue weighted by Gasteiger charge is 2.07. The van der Waals surface area contributed by atoms with Gasteiger partial charge in [0, 0.05) is 5.69 Å². The second-order valence-corrected chi connectivity index (χ2v) is 6.23. The van der Waals surface area contributed by atoms with Gasteiger partial charge in [0.15, 0.2) is 5.13 Å². The number of carboxylic acids is 1. The molecule has 3 N–H and O–H groups in total. The van der Waals surface area contributed by atoms with E-state index in [1.165, 1.54) is 11.3 Å². The molecule has 2 amide bonds. The molecule has 0 aliphatic rings. The summed E-state index contributed by atoms with van der Waals surface area (Å²) in [5.74, 6) is -0.917. The van der Waals surface area contributed by atoms with E-state index in [1.54, 1.807) is 30.5 Å². The molecule has 0 aliphatic carbocycles. The summed E-state index contributed by atoms with van der Waals surface area (Å²) >= 11 is 4.54. The molecule has 0 saturated heterocycles. The van der Waals surface area contributed by atoms with Gasteiger partial charge in [-0.3, -0.25) is 10.1 Å². The van der Waals surface area contributed by atoms with Crippen LogP contribution in [0.15, 0.2) is 34.2 Å². The summed E-state index contributed by atoms with van der Waals surface area (Å²) in [5, 5.41) is 14.4. The van der Waals surface area contributed by atoms with E-state index in [-0.39, 0.29) is 6.42 Å². The third-order valence-electron chi connectivity index (χ3n) is 2.24. The molecule has 2 aromatic rings. The van der Waals surface area contributed by atoms with E-state index in [2.05, 4.69) is 31.5 Å². The Kier molecular flexibility index (Phi) is 4.70. The fourth-order valence-electron chi connectivity index (χ4n) is 1.51. The summed E-state index contributed by atoms with van der Waals surface area (Å²) in [4.78, 5) is 26.3. The number of thiazole rings is 1. The number of halogens is 1. The van der Waals surface area contributed by atoms with E-state index in [1.807, 2.05) is 0 Å². The van der Waals surface area contributed by atoms with Gasteiger partial charge in [-0.2, -0.15) is 0 Å². The number of benzene rings is 1. The Hall–Kier alpha value is -1.93. The lowest BCUT2D eigenvalue weighted by Crippen LogP contribution is -2.19. The topological polar surface area (TPSA) is 91.3 Å². The zero-order valence-corrected chi connectivity index (χ0v) is 12.5. The number of nitrogens with one attached hydrogen (secondary N) is 2. The van der Waals surface area contributed by atoms with Gasteiger partial charge in [0.05, 0.1) is 16.4 Å². The van der Waals surface area contributed by atoms with Crippen LogP contribution in [-0.4, -0.2) is 22.1 Å². The standard InChI is InChI=1S/C12H10BrN3O3S/c13-9-6-14-12(20-9)16-11(19)15-8-3-1-2-7(4-8)5-10(17)18/h1-4,6H,5H2,(H,17,18)(H2,14,15,16,19). The summed E-state index contributed by atoms with van der Waals surface area (Å²) in [5.41, 5.74) is 1.14. The van der Waals surface area contributed by atoms with Gasteiger partial charge in [-0.15, -0.1) is 0 Å². The summed E-state index contributed by atoms with van der Waals surface area (Å²) < 4.78 is 0.816. The van der Waals surface area contributed by atoms with Crippen LogP contribution in [0.3, 0.4) is 0 Å². The van der Waals surface area contributed by atoms with Gasteiger partial charge in [0.2, 0.25) is 0 Å². The molecule has 0 bridgehead atoms. The van der Waals surface area contributed by atoms with Crippen LogP contribution in [0, 0.1) is 0 Å². The lowest BCUT2D eigenvalue weighted by atomic mass is 10.1. The van der Waals surface area contributed by atoms with Crippen LogP contribution in [0.2, 0.25) is 0 Å². The highest BCUT2D eigenvalue weighted by Crippen LogP contribution is 2.23. The van der Waals surface area contributed by atoms with Crippen molar-refractivity contribution in [2.45, 2.75) is 6.42 Å². The molecule has 8 heteroatoms. The van der Waals surface area contributed by atoms with Crippen molar-refractivity contribution in [2.24, 2.45) is 0 Å². The molecular formula is C12H10BrN3O3S. The SMILES string of the molecule is O=C(O)Cc1cccc(NC(=O)Nc2ncc(Br)s2)c1. The lowest BCUT2D eigenvalue weighted by Gasteiger charge is -2.06. The number of aliphatic carboxylic acids is 1. The van der Waals surface area contributed by atoms with Gasteiger partial charge in [0.1, 0.15) is 0 Å². The van der Waals surface area contributed by atoms with Crippen LogP contribution < -0.4 is 10.6 Å². The number of hydrogen-bond acceptors (Lipinski definition) is 4. The van der Waals surface area contributed by atoms with Crippen molar-refractivity contribution in [2.75, 3.05) is 10.6 Å². The van der Waals surface area contributed by atoms with Crippen LogP contribution in [0.5, 0.6) is 0 Å². The van der Waals surface area contributed by atoms with Crippen LogP contribution in [-0.2, 0) is 11.2 Å². The molecular weight excluding hydrogens is 346 g/mol. The normalized spacial score (nSPS) is 10.1. The first-order chi connectivity index (χ1) is 9.52. The molecule has 0 radical (unpaired) electrons. The van der Waals surface area contributed by atoms with E-state index in [9.17, 15) is 9.59 Å². The second kappa shape index (κ2) is 6.49. The van der Waals surface area contributed by atoms with E-state index < -0.39 is 12.0 Å². The van der Waals surface area contributed by atoms with Crippen LogP contribution in [0.4, 0.5) is 15.6 Å². The number of amides is 2. The molecule has 6 nitrogen and oxygen atoms in total. The Balaban J connectivity index is 1.98. The lowest BCUT2D eigenvalue weighted by molar-refractivity contribution is -0.136. The van der Waals surface area contributed by atoms with Crippen molar-refractivity contribution in [1.82, 2.24) is 4.98 Å². The minimum Gasteiger partial charge on any atom is -0.481 e. The maximum absolute atomic E-state index is 11.7. The smallest absolute Gasteiger partial charge is 0.325 e. The molecule has 0 unspecified atom stereocenters. The van der Waals surface area contributed by atoms with Gasteiger partial charge in [-0.1, -0.05) is 23.5 Å². The van der Waals surface area contributed by atoms with E-state index in [0.29, 0.717) is 16.4 Å². The molecule has 0 aliphatic heterocycles. The van der Waals surface area contributed by atoms with Crippen molar-refractivity contribution in [3.8, 4) is 0 Å². The predicted molar refractivity (Wildman–Crippen MR) is 80.2 cm³/mol. The molecule has 1 heterocycles. The van der Waals surface area contributed by atoms with Crippen molar-refractivity contribution in [3.63, 3.8) is 0 Å². The largest absolute Gasteiger partial charge is 0.481 e. The number of carbonyl (C=O) groups excluding carboxylic acids is 1. The predicted octanol–water partition coefficient (Wildman–Crippen LogP) is 3.18. The molecule has 0 atom stereocenters. The quantitative estimate of drug-likeness (QED) is 0.785. The number of urea groups is 1. The molecule has 0 saturated carbocycles. The molecule has 104 valence electrons. The second-order valence-electron chi connectivity index (χ2n) is 3.82. The first kappa shape index (κ1) is 14.5. The summed E-state index contributed by atoms with van der Waals surface area (Å²) in [6.07, 6.45) is 1.50. The number of hydrogen-bond donors (Lipinski definition) is 3. The van der Waals surface area contributed by atoms with Crippen molar-refractivity contribution < 1.29 is 14.7 Å². The third kappa shape index (κ3) is 4.32. The highest BCUT2D eigenvalue weighted by atomic mass is 79.9. The molecule has 20 heavy (non-hydrogen) atoms. The molecule has 0 fully saturated rings. The van der Waals surface area contributed by atoms with E-state index in [0.717, 1.165) is 3.79 Å². The minimum atomic E-state index is -0.917. The van der Waals surface area contributed by atoms with Crippen LogP contribution >= 0.6 is 27.3 Å². The summed E-state index contributed by atoms with van der Waals surface area (Å²) in [6, 6.07) is 6.25. The Morgan fingerprint density at radius 3 is 2.80 bits per heavy atom. The number of carboxylic acid groups (broad SMARTS) is 1. The monoisotopic (exact) mass is 355 g/mol. The van der Waals surface area contributed by atoms with Gasteiger partial charge in [-0.25, -0.2) is 9.78 Å². The number of anilines is 2. The fraction of sp³-hybridized carbons (Fsp3) is 0.0833.